The lowest BCUT2D eigenvalue weighted by Gasteiger charge is -2.26. The molecule has 0 aromatic heterocycles. The van der Waals surface area contributed by atoms with Crippen LogP contribution < -0.4 is 15.0 Å². The van der Waals surface area contributed by atoms with Crippen molar-refractivity contribution in [3.63, 3.8) is 0 Å². The monoisotopic (exact) mass is 425 g/mol. The van der Waals surface area contributed by atoms with Crippen LogP contribution in [0.4, 0.5) is 5.69 Å². The van der Waals surface area contributed by atoms with E-state index in [-0.39, 0.29) is 18.1 Å². The maximum absolute atomic E-state index is 12.8. The lowest BCUT2D eigenvalue weighted by Crippen LogP contribution is -2.52. The van der Waals surface area contributed by atoms with Crippen LogP contribution in [-0.2, 0) is 14.4 Å². The number of carbonyl (C=O) groups excluding carboxylic acids is 4. The van der Waals surface area contributed by atoms with Crippen molar-refractivity contribution in [3.8, 4) is 16.9 Å². The number of ketones is 1. The van der Waals surface area contributed by atoms with Gasteiger partial charge < -0.3 is 25.0 Å². The van der Waals surface area contributed by atoms with Crippen molar-refractivity contribution in [1.82, 2.24) is 10.2 Å². The number of amides is 3. The molecule has 9 heteroatoms. The van der Waals surface area contributed by atoms with Crippen molar-refractivity contribution in [3.05, 3.63) is 48.0 Å². The second-order valence-electron chi connectivity index (χ2n) is 7.06. The van der Waals surface area contributed by atoms with E-state index in [2.05, 4.69) is 5.32 Å². The lowest BCUT2D eigenvalue weighted by atomic mass is 10.0. The van der Waals surface area contributed by atoms with Gasteiger partial charge in [-0.1, -0.05) is 18.2 Å². The van der Waals surface area contributed by atoms with Crippen LogP contribution in [0.2, 0.25) is 0 Å². The molecule has 2 N–H and O–H groups in total. The normalized spacial score (nSPS) is 13.7. The highest BCUT2D eigenvalue weighted by Gasteiger charge is 2.32. The predicted molar refractivity (Wildman–Crippen MR) is 113 cm³/mol. The van der Waals surface area contributed by atoms with Gasteiger partial charge in [-0.25, -0.2) is 0 Å². The molecule has 0 bridgehead atoms. The van der Waals surface area contributed by atoms with Crippen molar-refractivity contribution in [1.29, 1.82) is 0 Å². The van der Waals surface area contributed by atoms with Gasteiger partial charge in [-0.15, -0.1) is 0 Å². The SMILES string of the molecule is CNC(=O)C(C(=O)CO)N(C)C(=O)c1ccc(-c2ccc3c(c2)N(C)C(=O)CO3)cc1. The minimum absolute atomic E-state index is 0.00298. The molecule has 1 unspecified atom stereocenters. The first-order chi connectivity index (χ1) is 14.8. The van der Waals surface area contributed by atoms with E-state index in [1.165, 1.54) is 19.0 Å². The van der Waals surface area contributed by atoms with Gasteiger partial charge in [0.2, 0.25) is 5.91 Å². The molecule has 0 saturated heterocycles. The van der Waals surface area contributed by atoms with Gasteiger partial charge in [0, 0.05) is 26.7 Å². The summed E-state index contributed by atoms with van der Waals surface area (Å²) in [4.78, 5) is 51.2. The van der Waals surface area contributed by atoms with Crippen LogP contribution >= 0.6 is 0 Å². The molecular weight excluding hydrogens is 402 g/mol. The standard InChI is InChI=1S/C22H23N3O6/c1-23-21(29)20(17(27)11-26)25(3)22(30)14-6-4-13(5-7-14)15-8-9-18-16(10-15)24(2)19(28)12-31-18/h4-10,20,26H,11-12H2,1-3H3,(H,23,29). The number of aliphatic hydroxyl groups is 1. The van der Waals surface area contributed by atoms with E-state index in [9.17, 15) is 19.2 Å². The molecule has 0 saturated carbocycles. The van der Waals surface area contributed by atoms with Gasteiger partial charge in [0.15, 0.2) is 18.4 Å². The number of Topliss-reactive ketones (excluding diaryl/α,β-unsaturated/α-hetero) is 1. The van der Waals surface area contributed by atoms with E-state index in [0.717, 1.165) is 16.0 Å². The third kappa shape index (κ3) is 4.26. The maximum Gasteiger partial charge on any atom is 0.264 e. The van der Waals surface area contributed by atoms with Gasteiger partial charge in [-0.05, 0) is 35.4 Å². The molecule has 3 rings (SSSR count). The molecule has 0 radical (unpaired) electrons. The van der Waals surface area contributed by atoms with E-state index in [1.807, 2.05) is 12.1 Å². The van der Waals surface area contributed by atoms with E-state index in [1.54, 1.807) is 37.4 Å². The van der Waals surface area contributed by atoms with Crippen LogP contribution in [-0.4, -0.2) is 73.9 Å². The maximum atomic E-state index is 12.8. The third-order valence-electron chi connectivity index (χ3n) is 5.17. The number of ether oxygens (including phenoxy) is 1. The largest absolute Gasteiger partial charge is 0.482 e. The van der Waals surface area contributed by atoms with Crippen LogP contribution in [0.15, 0.2) is 42.5 Å². The molecule has 0 aliphatic carbocycles. The van der Waals surface area contributed by atoms with Crippen molar-refractivity contribution < 1.29 is 29.0 Å². The number of fused-ring (bicyclic) bond motifs is 1. The van der Waals surface area contributed by atoms with E-state index in [4.69, 9.17) is 9.84 Å². The van der Waals surface area contributed by atoms with E-state index < -0.39 is 30.2 Å². The fourth-order valence-corrected chi connectivity index (χ4v) is 3.34. The summed E-state index contributed by atoms with van der Waals surface area (Å²) in [6.45, 7) is -0.851. The zero-order valence-electron chi connectivity index (χ0n) is 17.4. The average molecular weight is 425 g/mol. The Morgan fingerprint density at radius 2 is 1.81 bits per heavy atom. The Bertz CT molecular complexity index is 1020. The van der Waals surface area contributed by atoms with Gasteiger partial charge in [0.1, 0.15) is 12.4 Å². The smallest absolute Gasteiger partial charge is 0.264 e. The molecule has 3 amide bonds. The van der Waals surface area contributed by atoms with Crippen molar-refractivity contribution >= 4 is 29.2 Å². The predicted octanol–water partition coefficient (Wildman–Crippen LogP) is 0.457. The number of aliphatic hydroxyl groups excluding tert-OH is 1. The lowest BCUT2D eigenvalue weighted by molar-refractivity contribution is -0.135. The fraction of sp³-hybridized carbons (Fsp3) is 0.273. The number of nitrogens with zero attached hydrogens (tertiary/aromatic N) is 2. The summed E-state index contributed by atoms with van der Waals surface area (Å²) in [5.74, 6) is -1.51. The molecule has 31 heavy (non-hydrogen) atoms. The Hall–Kier alpha value is -3.72. The first-order valence-corrected chi connectivity index (χ1v) is 9.54. The fourth-order valence-electron chi connectivity index (χ4n) is 3.34. The molecule has 1 aliphatic heterocycles. The van der Waals surface area contributed by atoms with Crippen molar-refractivity contribution in [2.45, 2.75) is 6.04 Å². The number of hydrogen-bond donors (Lipinski definition) is 2. The average Bonchev–Trinajstić information content (AvgIpc) is 2.80. The molecule has 1 heterocycles. The van der Waals surface area contributed by atoms with Crippen LogP contribution in [0, 0.1) is 0 Å². The van der Waals surface area contributed by atoms with E-state index >= 15 is 0 Å². The van der Waals surface area contributed by atoms with Crippen LogP contribution in [0.3, 0.4) is 0 Å². The van der Waals surface area contributed by atoms with Crippen molar-refractivity contribution in [2.75, 3.05) is 39.3 Å². The number of likely N-dealkylation sites (N-methyl/N-ethyl adjacent to an activating group) is 3. The molecule has 9 nitrogen and oxygen atoms in total. The molecule has 0 fully saturated rings. The molecule has 162 valence electrons. The highest BCUT2D eigenvalue weighted by Crippen LogP contribution is 2.35. The molecule has 1 aliphatic rings. The Balaban J connectivity index is 1.84. The van der Waals surface area contributed by atoms with Crippen LogP contribution in [0.5, 0.6) is 5.75 Å². The molecular formula is C22H23N3O6. The highest BCUT2D eigenvalue weighted by molar-refractivity contribution is 6.10. The van der Waals surface area contributed by atoms with Gasteiger partial charge in [0.05, 0.1) is 5.69 Å². The number of anilines is 1. The Morgan fingerprint density at radius 3 is 2.42 bits per heavy atom. The number of carbonyl (C=O) groups is 4. The number of benzene rings is 2. The molecule has 0 spiro atoms. The molecule has 2 aromatic rings. The second-order valence-corrected chi connectivity index (χ2v) is 7.06. The number of rotatable bonds is 6. The molecule has 1 atom stereocenters. The zero-order chi connectivity index (χ0) is 22.7. The zero-order valence-corrected chi connectivity index (χ0v) is 17.4. The summed E-state index contributed by atoms with van der Waals surface area (Å²) in [6.07, 6.45) is 0. The van der Waals surface area contributed by atoms with Gasteiger partial charge in [0.25, 0.3) is 11.8 Å². The van der Waals surface area contributed by atoms with E-state index in [0.29, 0.717) is 11.4 Å². The quantitative estimate of drug-likeness (QED) is 0.650. The minimum Gasteiger partial charge on any atom is -0.482 e. The Labute approximate surface area is 179 Å². The number of hydrogen-bond acceptors (Lipinski definition) is 6. The summed E-state index contributed by atoms with van der Waals surface area (Å²) < 4.78 is 5.43. The Morgan fingerprint density at radius 1 is 1.16 bits per heavy atom. The minimum atomic E-state index is -1.42. The summed E-state index contributed by atoms with van der Waals surface area (Å²) >= 11 is 0. The summed E-state index contributed by atoms with van der Waals surface area (Å²) in [7, 11) is 4.36. The topological polar surface area (TPSA) is 116 Å². The first-order valence-electron chi connectivity index (χ1n) is 9.54. The summed E-state index contributed by atoms with van der Waals surface area (Å²) in [5, 5.41) is 11.5. The van der Waals surface area contributed by atoms with Crippen molar-refractivity contribution in [2.24, 2.45) is 0 Å². The third-order valence-corrected chi connectivity index (χ3v) is 5.17. The first kappa shape index (κ1) is 22.0. The van der Waals surface area contributed by atoms with Gasteiger partial charge in [-0.2, -0.15) is 0 Å². The summed E-state index contributed by atoms with van der Waals surface area (Å²) in [5.41, 5.74) is 2.57. The van der Waals surface area contributed by atoms with Crippen LogP contribution in [0.1, 0.15) is 10.4 Å². The van der Waals surface area contributed by atoms with Gasteiger partial charge in [-0.3, -0.25) is 19.2 Å². The van der Waals surface area contributed by atoms with Gasteiger partial charge >= 0.3 is 0 Å². The second kappa shape index (κ2) is 8.97. The van der Waals surface area contributed by atoms with Crippen LogP contribution in [0.25, 0.3) is 11.1 Å². The summed E-state index contributed by atoms with van der Waals surface area (Å²) in [6, 6.07) is 10.7. The molecule has 2 aromatic carbocycles. The highest BCUT2D eigenvalue weighted by atomic mass is 16.5. The number of nitrogens with one attached hydrogen (secondary N) is 1. The Kier molecular flexibility index (Phi) is 6.36.